The number of rotatable bonds is 4. The number of carbonyl (C=O) groups is 1. The van der Waals surface area contributed by atoms with Crippen LogP contribution in [0.5, 0.6) is 11.8 Å². The zero-order valence-electron chi connectivity index (χ0n) is 15.5. The van der Waals surface area contributed by atoms with Gasteiger partial charge in [0.1, 0.15) is 0 Å². The van der Waals surface area contributed by atoms with Crippen molar-refractivity contribution in [2.75, 3.05) is 10.6 Å². The van der Waals surface area contributed by atoms with Gasteiger partial charge in [-0.1, -0.05) is 29.8 Å². The van der Waals surface area contributed by atoms with E-state index in [1.54, 1.807) is 38.1 Å². The molecule has 2 amide bonds. The van der Waals surface area contributed by atoms with Crippen LogP contribution in [0.2, 0.25) is 5.02 Å². The van der Waals surface area contributed by atoms with Gasteiger partial charge in [0.05, 0.1) is 17.1 Å². The highest BCUT2D eigenvalue weighted by Gasteiger charge is 2.14. The first-order valence-electron chi connectivity index (χ1n) is 8.45. The van der Waals surface area contributed by atoms with E-state index in [4.69, 9.17) is 16.3 Å². The molecule has 3 rings (SSSR count). The van der Waals surface area contributed by atoms with Crippen LogP contribution < -0.4 is 15.4 Å². The molecule has 0 radical (unpaired) electrons. The van der Waals surface area contributed by atoms with Crippen molar-refractivity contribution in [1.29, 1.82) is 0 Å². The van der Waals surface area contributed by atoms with E-state index in [9.17, 15) is 9.18 Å². The number of ether oxygens (including phenoxy) is 1. The number of nitrogens with one attached hydrogen (secondary N) is 2. The summed E-state index contributed by atoms with van der Waals surface area (Å²) < 4.78 is 19.1. The first-order valence-corrected chi connectivity index (χ1v) is 8.83. The fourth-order valence-electron chi connectivity index (χ4n) is 2.48. The average molecular weight is 401 g/mol. The predicted octanol–water partition coefficient (Wildman–Crippen LogP) is 5.63. The number of benzene rings is 2. The molecule has 0 atom stereocenters. The van der Waals surface area contributed by atoms with Crippen molar-refractivity contribution in [3.05, 3.63) is 70.3 Å². The number of halogens is 2. The highest BCUT2D eigenvalue weighted by molar-refractivity contribution is 6.31. The van der Waals surface area contributed by atoms with Crippen molar-refractivity contribution < 1.29 is 13.9 Å². The van der Waals surface area contributed by atoms with Gasteiger partial charge in [0.25, 0.3) is 0 Å². The smallest absolute Gasteiger partial charge is 0.323 e. The molecule has 3 aromatic rings. The summed E-state index contributed by atoms with van der Waals surface area (Å²) in [5, 5.41) is 5.98. The maximum Gasteiger partial charge on any atom is 0.323 e. The summed E-state index contributed by atoms with van der Waals surface area (Å²) in [6, 6.07) is 10.7. The number of nitrogens with zero attached hydrogens (tertiary/aromatic N) is 2. The Kier molecular flexibility index (Phi) is 5.75. The van der Waals surface area contributed by atoms with Crippen molar-refractivity contribution in [1.82, 2.24) is 9.97 Å². The van der Waals surface area contributed by atoms with Gasteiger partial charge in [-0.15, -0.1) is 0 Å². The van der Waals surface area contributed by atoms with Gasteiger partial charge in [-0.25, -0.2) is 9.18 Å². The maximum atomic E-state index is 13.7. The van der Waals surface area contributed by atoms with Crippen LogP contribution in [0, 0.1) is 26.6 Å². The van der Waals surface area contributed by atoms with Gasteiger partial charge in [-0.05, 0) is 50.6 Å². The van der Waals surface area contributed by atoms with E-state index in [1.165, 1.54) is 12.1 Å². The van der Waals surface area contributed by atoms with E-state index in [0.717, 1.165) is 5.56 Å². The molecule has 2 N–H and O–H groups in total. The van der Waals surface area contributed by atoms with Crippen LogP contribution in [0.4, 0.5) is 20.6 Å². The lowest BCUT2D eigenvalue weighted by molar-refractivity contribution is 0.262. The Labute approximate surface area is 166 Å². The normalized spacial score (nSPS) is 10.5. The van der Waals surface area contributed by atoms with Crippen LogP contribution in [-0.2, 0) is 0 Å². The molecule has 6 nitrogen and oxygen atoms in total. The summed E-state index contributed by atoms with van der Waals surface area (Å²) in [6.07, 6.45) is 0. The number of anilines is 2. The van der Waals surface area contributed by atoms with Crippen molar-refractivity contribution in [2.24, 2.45) is 0 Å². The number of hydrogen-bond acceptors (Lipinski definition) is 4. The third-order valence-corrected chi connectivity index (χ3v) is 4.36. The minimum atomic E-state index is -0.514. The van der Waals surface area contributed by atoms with Gasteiger partial charge in [0.2, 0.25) is 0 Å². The van der Waals surface area contributed by atoms with Crippen molar-refractivity contribution in [3.8, 4) is 11.8 Å². The SMILES string of the molecule is Cc1ccc(NC(=O)Nc2c(C)nc(Oc3ccccc3F)nc2C)cc1Cl. The third-order valence-electron chi connectivity index (χ3n) is 3.96. The van der Waals surface area contributed by atoms with E-state index in [2.05, 4.69) is 20.6 Å². The highest BCUT2D eigenvalue weighted by atomic mass is 35.5. The van der Waals surface area contributed by atoms with Gasteiger partial charge in [0, 0.05) is 10.7 Å². The average Bonchev–Trinajstić information content (AvgIpc) is 2.63. The molecule has 0 unspecified atom stereocenters. The maximum absolute atomic E-state index is 13.7. The van der Waals surface area contributed by atoms with Crippen molar-refractivity contribution in [3.63, 3.8) is 0 Å². The Morgan fingerprint density at radius 3 is 2.36 bits per heavy atom. The first-order chi connectivity index (χ1) is 13.3. The standard InChI is InChI=1S/C20H18ClFN4O2/c1-11-8-9-14(10-15(11)21)25-19(27)26-18-12(2)23-20(24-13(18)3)28-17-7-5-4-6-16(17)22/h4-10H,1-3H3,(H2,25,26,27). The minimum Gasteiger partial charge on any atom is -0.421 e. The Hall–Kier alpha value is -3.19. The molecule has 8 heteroatoms. The molecule has 1 heterocycles. The summed E-state index contributed by atoms with van der Waals surface area (Å²) in [7, 11) is 0. The van der Waals surface area contributed by atoms with Gasteiger partial charge < -0.3 is 15.4 Å². The summed E-state index contributed by atoms with van der Waals surface area (Å²) in [6.45, 7) is 5.27. The second kappa shape index (κ2) is 8.22. The highest BCUT2D eigenvalue weighted by Crippen LogP contribution is 2.25. The molecule has 144 valence electrons. The molecule has 0 fully saturated rings. The van der Waals surface area contributed by atoms with Crippen LogP contribution in [0.15, 0.2) is 42.5 Å². The number of carbonyl (C=O) groups excluding carboxylic acids is 1. The fraction of sp³-hybridized carbons (Fsp3) is 0.150. The summed E-state index contributed by atoms with van der Waals surface area (Å²) in [5.41, 5.74) is 2.88. The van der Waals surface area contributed by atoms with E-state index >= 15 is 0 Å². The molecule has 0 aliphatic rings. The third kappa shape index (κ3) is 4.55. The van der Waals surface area contributed by atoms with Gasteiger partial charge in [-0.2, -0.15) is 9.97 Å². The molecule has 0 saturated heterocycles. The Bertz CT molecular complexity index is 1020. The van der Waals surface area contributed by atoms with Crippen LogP contribution in [0.1, 0.15) is 17.0 Å². The zero-order valence-corrected chi connectivity index (χ0v) is 16.3. The van der Waals surface area contributed by atoms with Gasteiger partial charge in [-0.3, -0.25) is 0 Å². The largest absolute Gasteiger partial charge is 0.421 e. The monoisotopic (exact) mass is 400 g/mol. The van der Waals surface area contributed by atoms with Crippen molar-refractivity contribution >= 4 is 29.0 Å². The van der Waals surface area contributed by atoms with E-state index in [-0.39, 0.29) is 11.8 Å². The fourth-order valence-corrected chi connectivity index (χ4v) is 2.66. The summed E-state index contributed by atoms with van der Waals surface area (Å²) in [4.78, 5) is 20.7. The lowest BCUT2D eigenvalue weighted by Gasteiger charge is -2.13. The Morgan fingerprint density at radius 1 is 1.04 bits per heavy atom. The zero-order chi connectivity index (χ0) is 20.3. The lowest BCUT2D eigenvalue weighted by atomic mass is 10.2. The first kappa shape index (κ1) is 19.6. The summed E-state index contributed by atoms with van der Waals surface area (Å²) >= 11 is 6.07. The molecule has 0 bridgehead atoms. The molecule has 0 aliphatic carbocycles. The van der Waals surface area contributed by atoms with Gasteiger partial charge >= 0.3 is 12.0 Å². The van der Waals surface area contributed by atoms with Crippen LogP contribution in [0.25, 0.3) is 0 Å². The molecule has 28 heavy (non-hydrogen) atoms. The Morgan fingerprint density at radius 2 is 1.71 bits per heavy atom. The second-order valence-electron chi connectivity index (χ2n) is 6.13. The van der Waals surface area contributed by atoms with E-state index < -0.39 is 11.8 Å². The molecule has 0 aliphatic heterocycles. The number of aromatic nitrogens is 2. The number of urea groups is 1. The molecule has 0 saturated carbocycles. The van der Waals surface area contributed by atoms with Crippen molar-refractivity contribution in [2.45, 2.75) is 20.8 Å². The molecule has 2 aromatic carbocycles. The Balaban J connectivity index is 1.74. The molecular weight excluding hydrogens is 383 g/mol. The molecular formula is C20H18ClFN4O2. The number of hydrogen-bond donors (Lipinski definition) is 2. The predicted molar refractivity (Wildman–Crippen MR) is 107 cm³/mol. The lowest BCUT2D eigenvalue weighted by Crippen LogP contribution is -2.21. The van der Waals surface area contributed by atoms with Crippen LogP contribution in [0.3, 0.4) is 0 Å². The number of amides is 2. The van der Waals surface area contributed by atoms with E-state index in [1.807, 2.05) is 13.0 Å². The van der Waals surface area contributed by atoms with Gasteiger partial charge in [0.15, 0.2) is 11.6 Å². The molecule has 1 aromatic heterocycles. The van der Waals surface area contributed by atoms with E-state index in [0.29, 0.717) is 27.8 Å². The number of aryl methyl sites for hydroxylation is 3. The topological polar surface area (TPSA) is 76.1 Å². The number of para-hydroxylation sites is 1. The van der Waals surface area contributed by atoms with Crippen LogP contribution >= 0.6 is 11.6 Å². The van der Waals surface area contributed by atoms with Crippen LogP contribution in [-0.4, -0.2) is 16.0 Å². The quantitative estimate of drug-likeness (QED) is 0.595. The molecule has 0 spiro atoms. The summed E-state index contributed by atoms with van der Waals surface area (Å²) in [5.74, 6) is -0.490. The minimum absolute atomic E-state index is 0.00336. The second-order valence-corrected chi connectivity index (χ2v) is 6.53.